The number of carbonyl (C=O) groups is 3. The van der Waals surface area contributed by atoms with Crippen molar-refractivity contribution in [1.29, 1.82) is 0 Å². The maximum absolute atomic E-state index is 11.9. The fraction of sp³-hybridized carbons (Fsp3) is 0.471. The molecule has 0 radical (unpaired) electrons. The molecular formula is C17H24N2O4S. The van der Waals surface area contributed by atoms with Crippen LogP contribution in [0.2, 0.25) is 0 Å². The van der Waals surface area contributed by atoms with E-state index >= 15 is 0 Å². The molecule has 1 aromatic rings. The first kappa shape index (κ1) is 20.0. The molecule has 0 saturated heterocycles. The van der Waals surface area contributed by atoms with Gasteiger partial charge >= 0.3 is 5.97 Å². The number of benzene rings is 1. The summed E-state index contributed by atoms with van der Waals surface area (Å²) >= 11 is 1.52. The molecule has 1 rings (SSSR count). The molecule has 0 fully saturated rings. The zero-order valence-corrected chi connectivity index (χ0v) is 14.8. The molecule has 2 amide bonds. The van der Waals surface area contributed by atoms with Gasteiger partial charge in [0.15, 0.2) is 0 Å². The first-order valence-electron chi connectivity index (χ1n) is 7.86. The highest BCUT2D eigenvalue weighted by atomic mass is 32.2. The Morgan fingerprint density at radius 3 is 2.54 bits per heavy atom. The topological polar surface area (TPSA) is 95.5 Å². The van der Waals surface area contributed by atoms with Crippen LogP contribution in [0.3, 0.4) is 0 Å². The number of aliphatic carboxylic acids is 1. The van der Waals surface area contributed by atoms with E-state index in [2.05, 4.69) is 10.6 Å². The lowest BCUT2D eigenvalue weighted by Gasteiger charge is -2.13. The molecule has 3 N–H and O–H groups in total. The average molecular weight is 352 g/mol. The highest BCUT2D eigenvalue weighted by molar-refractivity contribution is 7.98. The zero-order chi connectivity index (χ0) is 17.9. The van der Waals surface area contributed by atoms with Crippen LogP contribution in [-0.2, 0) is 20.8 Å². The minimum absolute atomic E-state index is 0.0110. The summed E-state index contributed by atoms with van der Waals surface area (Å²) in [4.78, 5) is 34.8. The fourth-order valence-electron chi connectivity index (χ4n) is 2.08. The molecule has 0 saturated carbocycles. The largest absolute Gasteiger partial charge is 0.480 e. The molecule has 0 bridgehead atoms. The van der Waals surface area contributed by atoms with Crippen molar-refractivity contribution in [2.75, 3.05) is 17.3 Å². The van der Waals surface area contributed by atoms with Gasteiger partial charge in [0, 0.05) is 18.5 Å². The summed E-state index contributed by atoms with van der Waals surface area (Å²) in [5.74, 6) is -1.11. The third-order valence-electron chi connectivity index (χ3n) is 3.44. The molecule has 1 atom stereocenters. The Morgan fingerprint density at radius 2 is 1.92 bits per heavy atom. The standard InChI is InChI=1S/C17H24N2O4S/c1-3-12-5-4-6-13(11-12)18-15(20)7-8-16(21)19-14(17(22)23)9-10-24-2/h4-6,11,14H,3,7-10H2,1-2H3,(H,18,20)(H,19,21)(H,22,23)/t14-/m0/s1. The van der Waals surface area contributed by atoms with E-state index in [4.69, 9.17) is 5.11 Å². The minimum Gasteiger partial charge on any atom is -0.480 e. The quantitative estimate of drug-likeness (QED) is 0.600. The summed E-state index contributed by atoms with van der Waals surface area (Å²) in [6.45, 7) is 2.03. The molecule has 7 heteroatoms. The van der Waals surface area contributed by atoms with Crippen LogP contribution in [0, 0.1) is 0 Å². The Bertz CT molecular complexity index is 577. The first-order valence-corrected chi connectivity index (χ1v) is 9.25. The van der Waals surface area contributed by atoms with Gasteiger partial charge in [0.1, 0.15) is 6.04 Å². The van der Waals surface area contributed by atoms with Crippen LogP contribution in [0.15, 0.2) is 24.3 Å². The van der Waals surface area contributed by atoms with Crippen molar-refractivity contribution in [2.24, 2.45) is 0 Å². The number of carboxylic acid groups (broad SMARTS) is 1. The number of carbonyl (C=O) groups excluding carboxylic acids is 2. The SMILES string of the molecule is CCc1cccc(NC(=O)CCC(=O)N[C@@H](CCSC)C(=O)O)c1. The second-order valence-electron chi connectivity index (χ2n) is 5.34. The van der Waals surface area contributed by atoms with Crippen LogP contribution in [0.5, 0.6) is 0 Å². The summed E-state index contributed by atoms with van der Waals surface area (Å²) in [6, 6.07) is 6.61. The Hall–Kier alpha value is -2.02. The predicted octanol–water partition coefficient (Wildman–Crippen LogP) is 2.29. The minimum atomic E-state index is -1.06. The van der Waals surface area contributed by atoms with E-state index in [1.54, 1.807) is 6.07 Å². The van der Waals surface area contributed by atoms with Crippen LogP contribution in [0.4, 0.5) is 5.69 Å². The van der Waals surface area contributed by atoms with Crippen LogP contribution < -0.4 is 10.6 Å². The van der Waals surface area contributed by atoms with Crippen molar-refractivity contribution in [3.05, 3.63) is 29.8 Å². The summed E-state index contributed by atoms with van der Waals surface area (Å²) in [6.07, 6.45) is 3.08. The van der Waals surface area contributed by atoms with Crippen molar-refractivity contribution in [3.8, 4) is 0 Å². The lowest BCUT2D eigenvalue weighted by atomic mass is 10.1. The van der Waals surface area contributed by atoms with Gasteiger partial charge in [-0.25, -0.2) is 4.79 Å². The maximum atomic E-state index is 11.9. The van der Waals surface area contributed by atoms with Gasteiger partial charge in [-0.2, -0.15) is 11.8 Å². The van der Waals surface area contributed by atoms with Crippen molar-refractivity contribution < 1.29 is 19.5 Å². The van der Waals surface area contributed by atoms with Gasteiger partial charge in [0.05, 0.1) is 0 Å². The Balaban J connectivity index is 2.42. The van der Waals surface area contributed by atoms with Crippen LogP contribution in [0.25, 0.3) is 0 Å². The monoisotopic (exact) mass is 352 g/mol. The second kappa shape index (κ2) is 10.7. The van der Waals surface area contributed by atoms with E-state index < -0.39 is 17.9 Å². The number of amides is 2. The Labute approximate surface area is 146 Å². The number of nitrogens with one attached hydrogen (secondary N) is 2. The van der Waals surface area contributed by atoms with Gasteiger partial charge in [-0.05, 0) is 42.5 Å². The summed E-state index contributed by atoms with van der Waals surface area (Å²) in [5.41, 5.74) is 1.81. The van der Waals surface area contributed by atoms with Gasteiger partial charge in [-0.3, -0.25) is 9.59 Å². The van der Waals surface area contributed by atoms with E-state index in [-0.39, 0.29) is 18.7 Å². The smallest absolute Gasteiger partial charge is 0.326 e. The molecule has 1 aromatic carbocycles. The molecule has 0 heterocycles. The normalized spacial score (nSPS) is 11.6. The lowest BCUT2D eigenvalue weighted by Crippen LogP contribution is -2.41. The summed E-state index contributed by atoms with van der Waals surface area (Å²) < 4.78 is 0. The summed E-state index contributed by atoms with van der Waals surface area (Å²) in [7, 11) is 0. The van der Waals surface area contributed by atoms with E-state index in [0.717, 1.165) is 12.0 Å². The molecule has 6 nitrogen and oxygen atoms in total. The molecule has 0 aliphatic heterocycles. The van der Waals surface area contributed by atoms with E-state index in [0.29, 0.717) is 17.9 Å². The molecular weight excluding hydrogens is 328 g/mol. The number of anilines is 1. The van der Waals surface area contributed by atoms with Gasteiger partial charge in [0.25, 0.3) is 0 Å². The molecule has 0 spiro atoms. The fourth-order valence-corrected chi connectivity index (χ4v) is 2.55. The molecule has 0 aliphatic rings. The number of carboxylic acids is 1. The second-order valence-corrected chi connectivity index (χ2v) is 6.33. The number of rotatable bonds is 10. The van der Waals surface area contributed by atoms with Crippen molar-refractivity contribution in [3.63, 3.8) is 0 Å². The Morgan fingerprint density at radius 1 is 1.21 bits per heavy atom. The number of thioether (sulfide) groups is 1. The van der Waals surface area contributed by atoms with Crippen LogP contribution in [-0.4, -0.2) is 40.9 Å². The highest BCUT2D eigenvalue weighted by Gasteiger charge is 2.19. The Kier molecular flexibility index (Phi) is 8.93. The van der Waals surface area contributed by atoms with Gasteiger partial charge < -0.3 is 15.7 Å². The van der Waals surface area contributed by atoms with E-state index in [1.165, 1.54) is 11.8 Å². The van der Waals surface area contributed by atoms with Crippen LogP contribution in [0.1, 0.15) is 31.7 Å². The third kappa shape index (κ3) is 7.50. The predicted molar refractivity (Wildman–Crippen MR) is 96.2 cm³/mol. The first-order chi connectivity index (χ1) is 11.5. The maximum Gasteiger partial charge on any atom is 0.326 e. The lowest BCUT2D eigenvalue weighted by molar-refractivity contribution is -0.141. The number of hydrogen-bond acceptors (Lipinski definition) is 4. The van der Waals surface area contributed by atoms with Crippen molar-refractivity contribution >= 4 is 35.2 Å². The number of hydrogen-bond donors (Lipinski definition) is 3. The molecule has 132 valence electrons. The van der Waals surface area contributed by atoms with E-state index in [9.17, 15) is 14.4 Å². The van der Waals surface area contributed by atoms with E-state index in [1.807, 2.05) is 31.4 Å². The van der Waals surface area contributed by atoms with Crippen LogP contribution >= 0.6 is 11.8 Å². The molecule has 0 aromatic heterocycles. The van der Waals surface area contributed by atoms with Crippen molar-refractivity contribution in [1.82, 2.24) is 5.32 Å². The van der Waals surface area contributed by atoms with Crippen molar-refractivity contribution in [2.45, 2.75) is 38.6 Å². The van der Waals surface area contributed by atoms with Gasteiger partial charge in [-0.15, -0.1) is 0 Å². The average Bonchev–Trinajstić information content (AvgIpc) is 2.56. The molecule has 0 aliphatic carbocycles. The van der Waals surface area contributed by atoms with Gasteiger partial charge in [-0.1, -0.05) is 19.1 Å². The van der Waals surface area contributed by atoms with Gasteiger partial charge in [0.2, 0.25) is 11.8 Å². The molecule has 24 heavy (non-hydrogen) atoms. The molecule has 0 unspecified atom stereocenters. The highest BCUT2D eigenvalue weighted by Crippen LogP contribution is 2.11. The summed E-state index contributed by atoms with van der Waals surface area (Å²) in [5, 5.41) is 14.3. The number of aryl methyl sites for hydroxylation is 1. The third-order valence-corrected chi connectivity index (χ3v) is 4.09. The zero-order valence-electron chi connectivity index (χ0n) is 14.0.